The third-order valence-electron chi connectivity index (χ3n) is 5.97. The smallest absolute Gasteiger partial charge is 0.233 e. The molecule has 0 radical (unpaired) electrons. The van der Waals surface area contributed by atoms with Gasteiger partial charge < -0.3 is 20.4 Å². The number of anilines is 1. The molecule has 0 saturated carbocycles. The lowest BCUT2D eigenvalue weighted by Gasteiger charge is -2.36. The number of aromatic nitrogens is 3. The van der Waals surface area contributed by atoms with E-state index in [0.29, 0.717) is 37.2 Å². The maximum Gasteiger partial charge on any atom is 0.233 e. The van der Waals surface area contributed by atoms with Crippen LogP contribution >= 0.6 is 11.8 Å². The summed E-state index contributed by atoms with van der Waals surface area (Å²) < 4.78 is 20.3. The number of carbonyl (C=O) groups is 1. The van der Waals surface area contributed by atoms with Crippen molar-refractivity contribution in [2.45, 2.75) is 37.9 Å². The van der Waals surface area contributed by atoms with Crippen LogP contribution in [0.2, 0.25) is 0 Å². The molecule has 2 heterocycles. The van der Waals surface area contributed by atoms with Crippen LogP contribution in [0.25, 0.3) is 0 Å². The predicted molar refractivity (Wildman–Crippen MR) is 136 cm³/mol. The third-order valence-corrected chi connectivity index (χ3v) is 6.90. The van der Waals surface area contributed by atoms with Gasteiger partial charge in [-0.3, -0.25) is 4.79 Å². The average molecular weight is 499 g/mol. The fourth-order valence-electron chi connectivity index (χ4n) is 3.79. The van der Waals surface area contributed by atoms with Gasteiger partial charge in [0.1, 0.15) is 18.2 Å². The van der Waals surface area contributed by atoms with E-state index in [1.165, 1.54) is 34.1 Å². The van der Waals surface area contributed by atoms with Crippen molar-refractivity contribution < 1.29 is 13.9 Å². The Morgan fingerprint density at radius 2 is 1.69 bits per heavy atom. The summed E-state index contributed by atoms with van der Waals surface area (Å²) in [6.45, 7) is 9.30. The van der Waals surface area contributed by atoms with Crippen LogP contribution < -0.4 is 15.5 Å². The van der Waals surface area contributed by atoms with Crippen LogP contribution in [0, 0.1) is 5.82 Å². The first kappa shape index (κ1) is 24.8. The van der Waals surface area contributed by atoms with Crippen LogP contribution in [0.5, 0.6) is 5.75 Å². The summed E-state index contributed by atoms with van der Waals surface area (Å²) in [5, 5.41) is 8.69. The quantitative estimate of drug-likeness (QED) is 0.394. The van der Waals surface area contributed by atoms with Gasteiger partial charge in [0, 0.05) is 31.9 Å². The highest BCUT2D eigenvalue weighted by Gasteiger charge is 2.22. The second kappa shape index (κ2) is 10.6. The molecular formula is C25H31FN6O2S. The van der Waals surface area contributed by atoms with Gasteiger partial charge in [0.15, 0.2) is 5.82 Å². The van der Waals surface area contributed by atoms with E-state index in [4.69, 9.17) is 10.6 Å². The molecular weight excluding hydrogens is 467 g/mol. The standard InChI is InChI=1S/C25H31FN6O2S/c1-25(2,3)18-4-10-21(11-5-18)34-16-22-28-29-24(32(22)27)35-17-23(33)31-14-12-30(13-15-31)20-8-6-19(26)7-9-20/h4-11H,12-17,27H2,1-3H3. The fraction of sp³-hybridized carbons (Fsp3) is 0.400. The van der Waals surface area contributed by atoms with Crippen molar-refractivity contribution >= 4 is 23.4 Å². The van der Waals surface area contributed by atoms with Crippen molar-refractivity contribution in [2.75, 3.05) is 42.7 Å². The molecule has 0 atom stereocenters. The predicted octanol–water partition coefficient (Wildman–Crippen LogP) is 3.45. The Bertz CT molecular complexity index is 1140. The first-order valence-electron chi connectivity index (χ1n) is 11.5. The topological polar surface area (TPSA) is 89.5 Å². The summed E-state index contributed by atoms with van der Waals surface area (Å²) in [5.74, 6) is 7.34. The number of amides is 1. The summed E-state index contributed by atoms with van der Waals surface area (Å²) in [5.41, 5.74) is 2.27. The lowest BCUT2D eigenvalue weighted by atomic mass is 9.87. The van der Waals surface area contributed by atoms with Crippen LogP contribution in [-0.4, -0.2) is 57.6 Å². The van der Waals surface area contributed by atoms with Gasteiger partial charge >= 0.3 is 0 Å². The largest absolute Gasteiger partial charge is 0.486 e. The van der Waals surface area contributed by atoms with Crippen molar-refractivity contribution in [1.29, 1.82) is 0 Å². The van der Waals surface area contributed by atoms with E-state index in [0.717, 1.165) is 11.4 Å². The van der Waals surface area contributed by atoms with Crippen LogP contribution in [0.15, 0.2) is 53.7 Å². The lowest BCUT2D eigenvalue weighted by Crippen LogP contribution is -2.49. The molecule has 1 aliphatic rings. The summed E-state index contributed by atoms with van der Waals surface area (Å²) in [6, 6.07) is 14.4. The van der Waals surface area contributed by atoms with Gasteiger partial charge in [0.05, 0.1) is 5.75 Å². The Kier molecular flexibility index (Phi) is 7.49. The molecule has 2 aromatic carbocycles. The number of carbonyl (C=O) groups excluding carboxylic acids is 1. The number of nitrogens with two attached hydrogens (primary N) is 1. The van der Waals surface area contributed by atoms with Crippen molar-refractivity contribution in [3.8, 4) is 5.75 Å². The first-order valence-corrected chi connectivity index (χ1v) is 12.5. The molecule has 3 aromatic rings. The number of halogens is 1. The number of hydrogen-bond donors (Lipinski definition) is 1. The number of hydrogen-bond acceptors (Lipinski definition) is 7. The maximum atomic E-state index is 13.1. The number of benzene rings is 2. The average Bonchev–Trinajstić information content (AvgIpc) is 3.20. The number of nitrogens with zero attached hydrogens (tertiary/aromatic N) is 5. The molecule has 0 unspecified atom stereocenters. The molecule has 1 aliphatic heterocycles. The van der Waals surface area contributed by atoms with E-state index in [1.54, 1.807) is 12.1 Å². The fourth-order valence-corrected chi connectivity index (χ4v) is 4.56. The molecule has 1 amide bonds. The normalized spacial score (nSPS) is 14.3. The minimum Gasteiger partial charge on any atom is -0.486 e. The summed E-state index contributed by atoms with van der Waals surface area (Å²) in [7, 11) is 0. The number of ether oxygens (including phenoxy) is 1. The van der Waals surface area contributed by atoms with E-state index < -0.39 is 0 Å². The molecule has 4 rings (SSSR count). The summed E-state index contributed by atoms with van der Waals surface area (Å²) >= 11 is 1.26. The first-order chi connectivity index (χ1) is 16.7. The van der Waals surface area contributed by atoms with Gasteiger partial charge in [-0.05, 0) is 47.4 Å². The number of rotatable bonds is 7. The highest BCUT2D eigenvalue weighted by Crippen LogP contribution is 2.25. The summed E-state index contributed by atoms with van der Waals surface area (Å²) in [6.07, 6.45) is 0. The molecule has 0 bridgehead atoms. The van der Waals surface area contributed by atoms with Crippen molar-refractivity contribution in [3.63, 3.8) is 0 Å². The van der Waals surface area contributed by atoms with E-state index in [2.05, 4.69) is 48.0 Å². The van der Waals surface area contributed by atoms with Crippen LogP contribution in [0.4, 0.5) is 10.1 Å². The maximum absolute atomic E-state index is 13.1. The van der Waals surface area contributed by atoms with Crippen molar-refractivity contribution in [2.24, 2.45) is 0 Å². The van der Waals surface area contributed by atoms with Crippen LogP contribution in [0.1, 0.15) is 32.2 Å². The Labute approximate surface area is 209 Å². The second-order valence-electron chi connectivity index (χ2n) is 9.46. The second-order valence-corrected chi connectivity index (χ2v) is 10.4. The van der Waals surface area contributed by atoms with Crippen LogP contribution in [0.3, 0.4) is 0 Å². The zero-order chi connectivity index (χ0) is 25.0. The Morgan fingerprint density at radius 1 is 1.03 bits per heavy atom. The number of thioether (sulfide) groups is 1. The monoisotopic (exact) mass is 498 g/mol. The van der Waals surface area contributed by atoms with E-state index in [9.17, 15) is 9.18 Å². The lowest BCUT2D eigenvalue weighted by molar-refractivity contribution is -0.128. The summed E-state index contributed by atoms with van der Waals surface area (Å²) in [4.78, 5) is 16.7. The van der Waals surface area contributed by atoms with E-state index in [-0.39, 0.29) is 29.5 Å². The molecule has 1 aromatic heterocycles. The molecule has 1 saturated heterocycles. The molecule has 10 heteroatoms. The van der Waals surface area contributed by atoms with E-state index in [1.807, 2.05) is 17.0 Å². The molecule has 186 valence electrons. The highest BCUT2D eigenvalue weighted by atomic mass is 32.2. The Hall–Kier alpha value is -3.27. The van der Waals surface area contributed by atoms with Gasteiger partial charge in [-0.2, -0.15) is 0 Å². The van der Waals surface area contributed by atoms with Crippen molar-refractivity contribution in [1.82, 2.24) is 19.8 Å². The molecule has 0 aliphatic carbocycles. The Morgan fingerprint density at radius 3 is 2.31 bits per heavy atom. The van der Waals surface area contributed by atoms with Crippen molar-refractivity contribution in [3.05, 3.63) is 65.7 Å². The van der Waals surface area contributed by atoms with Gasteiger partial charge in [-0.15, -0.1) is 10.2 Å². The molecule has 2 N–H and O–H groups in total. The van der Waals surface area contributed by atoms with Gasteiger partial charge in [0.2, 0.25) is 11.1 Å². The minimum absolute atomic E-state index is 0.0218. The van der Waals surface area contributed by atoms with Gasteiger partial charge in [0.25, 0.3) is 0 Å². The minimum atomic E-state index is -0.253. The van der Waals surface area contributed by atoms with Crippen LogP contribution in [-0.2, 0) is 16.8 Å². The number of piperazine rings is 1. The Balaban J connectivity index is 1.24. The van der Waals surface area contributed by atoms with Gasteiger partial charge in [-0.1, -0.05) is 44.7 Å². The SMILES string of the molecule is CC(C)(C)c1ccc(OCc2nnc(SCC(=O)N3CCN(c4ccc(F)cc4)CC3)n2N)cc1. The molecule has 1 fully saturated rings. The zero-order valence-corrected chi connectivity index (χ0v) is 21.1. The molecule has 8 nitrogen and oxygen atoms in total. The number of nitrogen functional groups attached to an aromatic ring is 1. The highest BCUT2D eigenvalue weighted by molar-refractivity contribution is 7.99. The van der Waals surface area contributed by atoms with E-state index >= 15 is 0 Å². The third kappa shape index (κ3) is 6.25. The molecule has 0 spiro atoms. The zero-order valence-electron chi connectivity index (χ0n) is 20.3. The molecule has 35 heavy (non-hydrogen) atoms. The van der Waals surface area contributed by atoms with Gasteiger partial charge in [-0.25, -0.2) is 9.07 Å².